The molecule has 0 amide bonds. The second kappa shape index (κ2) is 6.93. The number of nitrogens with one attached hydrogen (secondary N) is 2. The van der Waals surface area contributed by atoms with Gasteiger partial charge in [-0.15, -0.1) is 0 Å². The summed E-state index contributed by atoms with van der Waals surface area (Å²) in [5.74, 6) is 0.920. The number of piperazine rings is 1. The van der Waals surface area contributed by atoms with Crippen molar-refractivity contribution in [2.75, 3.05) is 46.4 Å². The SMILES string of the molecule is Cc1cc(Cl)cc(Br)c1OCC[NH+]1CC[NH+](C)CC1. The van der Waals surface area contributed by atoms with Gasteiger partial charge in [0.1, 0.15) is 45.1 Å². The van der Waals surface area contributed by atoms with Gasteiger partial charge in [-0.25, -0.2) is 0 Å². The molecule has 0 unspecified atom stereocenters. The minimum absolute atomic E-state index is 0.740. The van der Waals surface area contributed by atoms with E-state index in [1.165, 1.54) is 26.2 Å². The lowest BCUT2D eigenvalue weighted by molar-refractivity contribution is -1.00. The highest BCUT2D eigenvalue weighted by molar-refractivity contribution is 9.10. The van der Waals surface area contributed by atoms with Crippen molar-refractivity contribution < 1.29 is 14.5 Å². The molecule has 0 radical (unpaired) electrons. The molecule has 1 aliphatic rings. The van der Waals surface area contributed by atoms with Crippen molar-refractivity contribution in [2.45, 2.75) is 6.92 Å². The van der Waals surface area contributed by atoms with Gasteiger partial charge in [-0.3, -0.25) is 0 Å². The molecule has 106 valence electrons. The average molecular weight is 350 g/mol. The molecule has 2 N–H and O–H groups in total. The van der Waals surface area contributed by atoms with Gasteiger partial charge in [-0.05, 0) is 40.5 Å². The van der Waals surface area contributed by atoms with Gasteiger partial charge in [0.15, 0.2) is 0 Å². The van der Waals surface area contributed by atoms with Crippen LogP contribution < -0.4 is 14.5 Å². The van der Waals surface area contributed by atoms with Crippen molar-refractivity contribution in [1.82, 2.24) is 0 Å². The largest absolute Gasteiger partial charge is 0.486 e. The molecule has 3 nitrogen and oxygen atoms in total. The number of halogens is 2. The Bertz CT molecular complexity index is 410. The van der Waals surface area contributed by atoms with Gasteiger partial charge in [0.2, 0.25) is 0 Å². The van der Waals surface area contributed by atoms with Crippen LogP contribution in [0.5, 0.6) is 5.75 Å². The molecule has 1 fully saturated rings. The van der Waals surface area contributed by atoms with E-state index in [2.05, 4.69) is 23.0 Å². The van der Waals surface area contributed by atoms with Crippen molar-refractivity contribution in [3.05, 3.63) is 27.2 Å². The molecule has 0 bridgehead atoms. The van der Waals surface area contributed by atoms with E-state index in [1.54, 1.807) is 9.80 Å². The highest BCUT2D eigenvalue weighted by atomic mass is 79.9. The van der Waals surface area contributed by atoms with Gasteiger partial charge in [0, 0.05) is 5.02 Å². The van der Waals surface area contributed by atoms with Crippen molar-refractivity contribution in [3.8, 4) is 5.75 Å². The summed E-state index contributed by atoms with van der Waals surface area (Å²) >= 11 is 9.51. The molecular weight excluding hydrogens is 328 g/mol. The highest BCUT2D eigenvalue weighted by Crippen LogP contribution is 2.31. The predicted molar refractivity (Wildman–Crippen MR) is 81.6 cm³/mol. The van der Waals surface area contributed by atoms with Gasteiger partial charge in [-0.1, -0.05) is 11.6 Å². The molecule has 5 heteroatoms. The first-order chi connectivity index (χ1) is 9.06. The lowest BCUT2D eigenvalue weighted by Gasteiger charge is -2.27. The number of ether oxygens (including phenoxy) is 1. The third-order valence-corrected chi connectivity index (χ3v) is 4.51. The Labute approximate surface area is 128 Å². The standard InChI is InChI=1S/C14H20BrClN2O/c1-11-9-12(16)10-13(15)14(11)19-8-7-18-5-3-17(2)4-6-18/h9-10H,3-8H2,1-2H3/p+2. The summed E-state index contributed by atoms with van der Waals surface area (Å²) in [6.45, 7) is 8.87. The van der Waals surface area contributed by atoms with E-state index in [4.69, 9.17) is 16.3 Å². The van der Waals surface area contributed by atoms with E-state index < -0.39 is 0 Å². The van der Waals surface area contributed by atoms with Crippen LogP contribution in [0.3, 0.4) is 0 Å². The van der Waals surface area contributed by atoms with E-state index in [0.29, 0.717) is 0 Å². The number of benzene rings is 1. The van der Waals surface area contributed by atoms with Crippen LogP contribution in [0.25, 0.3) is 0 Å². The van der Waals surface area contributed by atoms with Crippen LogP contribution in [0.4, 0.5) is 0 Å². The Morgan fingerprint density at radius 2 is 1.95 bits per heavy atom. The van der Waals surface area contributed by atoms with E-state index in [1.807, 2.05) is 19.1 Å². The zero-order chi connectivity index (χ0) is 13.8. The summed E-state index contributed by atoms with van der Waals surface area (Å²) in [5, 5.41) is 0.740. The van der Waals surface area contributed by atoms with Gasteiger partial charge in [0.05, 0.1) is 11.5 Å². The van der Waals surface area contributed by atoms with Crippen molar-refractivity contribution in [3.63, 3.8) is 0 Å². The lowest BCUT2D eigenvalue weighted by atomic mass is 10.2. The van der Waals surface area contributed by atoms with Crippen LogP contribution in [0, 0.1) is 6.92 Å². The second-order valence-electron chi connectivity index (χ2n) is 5.34. The second-order valence-corrected chi connectivity index (χ2v) is 6.63. The van der Waals surface area contributed by atoms with E-state index in [-0.39, 0.29) is 0 Å². The van der Waals surface area contributed by atoms with Crippen molar-refractivity contribution in [1.29, 1.82) is 0 Å². The molecule has 1 aromatic rings. The maximum absolute atomic E-state index is 6.00. The Kier molecular flexibility index (Phi) is 5.51. The first-order valence-electron chi connectivity index (χ1n) is 6.79. The topological polar surface area (TPSA) is 18.1 Å². The number of aryl methyl sites for hydroxylation is 1. The predicted octanol–water partition coefficient (Wildman–Crippen LogP) is 0.203. The molecule has 2 rings (SSSR count). The van der Waals surface area contributed by atoms with Gasteiger partial charge in [-0.2, -0.15) is 0 Å². The highest BCUT2D eigenvalue weighted by Gasteiger charge is 2.19. The van der Waals surface area contributed by atoms with Crippen LogP contribution in [-0.2, 0) is 0 Å². The van der Waals surface area contributed by atoms with Crippen molar-refractivity contribution >= 4 is 27.5 Å². The lowest BCUT2D eigenvalue weighted by Crippen LogP contribution is -3.27. The maximum atomic E-state index is 6.00. The molecule has 1 aromatic carbocycles. The zero-order valence-electron chi connectivity index (χ0n) is 11.6. The van der Waals surface area contributed by atoms with E-state index in [0.717, 1.165) is 34.0 Å². The maximum Gasteiger partial charge on any atom is 0.137 e. The molecule has 0 aromatic heterocycles. The third-order valence-electron chi connectivity index (χ3n) is 3.71. The molecule has 0 atom stereocenters. The summed E-state index contributed by atoms with van der Waals surface area (Å²) < 4.78 is 6.86. The summed E-state index contributed by atoms with van der Waals surface area (Å²) in [4.78, 5) is 3.29. The fourth-order valence-electron chi connectivity index (χ4n) is 2.45. The summed E-state index contributed by atoms with van der Waals surface area (Å²) in [5.41, 5.74) is 1.08. The van der Waals surface area contributed by atoms with Crippen LogP contribution in [0.2, 0.25) is 5.02 Å². The average Bonchev–Trinajstić information content (AvgIpc) is 2.34. The Hall–Kier alpha value is -0.290. The first-order valence-corrected chi connectivity index (χ1v) is 7.96. The Morgan fingerprint density at radius 3 is 2.58 bits per heavy atom. The fourth-order valence-corrected chi connectivity index (χ4v) is 3.53. The summed E-state index contributed by atoms with van der Waals surface area (Å²) in [6, 6.07) is 3.82. The normalized spacial score (nSPS) is 23.4. The van der Waals surface area contributed by atoms with Crippen LogP contribution in [0.15, 0.2) is 16.6 Å². The Morgan fingerprint density at radius 1 is 1.26 bits per heavy atom. The monoisotopic (exact) mass is 348 g/mol. The molecular formula is C14H22BrClN2O+2. The van der Waals surface area contributed by atoms with Crippen LogP contribution in [-0.4, -0.2) is 46.4 Å². The number of hydrogen-bond acceptors (Lipinski definition) is 1. The minimum Gasteiger partial charge on any atom is -0.486 e. The fraction of sp³-hybridized carbons (Fsp3) is 0.571. The molecule has 1 heterocycles. The number of hydrogen-bond donors (Lipinski definition) is 2. The minimum atomic E-state index is 0.740. The number of rotatable bonds is 4. The van der Waals surface area contributed by atoms with Gasteiger partial charge >= 0.3 is 0 Å². The Balaban J connectivity index is 1.83. The van der Waals surface area contributed by atoms with E-state index >= 15 is 0 Å². The van der Waals surface area contributed by atoms with Gasteiger partial charge in [0.25, 0.3) is 0 Å². The number of quaternary nitrogens is 2. The first kappa shape index (κ1) is 15.1. The molecule has 1 aliphatic heterocycles. The quantitative estimate of drug-likeness (QED) is 0.795. The van der Waals surface area contributed by atoms with Crippen LogP contribution >= 0.6 is 27.5 Å². The van der Waals surface area contributed by atoms with Crippen molar-refractivity contribution in [2.24, 2.45) is 0 Å². The molecule has 0 saturated carbocycles. The summed E-state index contributed by atoms with van der Waals surface area (Å²) in [7, 11) is 2.27. The molecule has 0 aliphatic carbocycles. The zero-order valence-corrected chi connectivity index (χ0v) is 13.9. The molecule has 19 heavy (non-hydrogen) atoms. The molecule has 1 saturated heterocycles. The van der Waals surface area contributed by atoms with Crippen LogP contribution in [0.1, 0.15) is 5.56 Å². The van der Waals surface area contributed by atoms with Gasteiger partial charge < -0.3 is 14.5 Å². The summed E-state index contributed by atoms with van der Waals surface area (Å²) in [6.07, 6.45) is 0. The molecule has 0 spiro atoms. The smallest absolute Gasteiger partial charge is 0.137 e. The van der Waals surface area contributed by atoms with E-state index in [9.17, 15) is 0 Å². The number of likely N-dealkylation sites (N-methyl/N-ethyl adjacent to an activating group) is 1. The third kappa shape index (κ3) is 4.35.